The molecule has 0 saturated carbocycles. The lowest BCUT2D eigenvalue weighted by molar-refractivity contribution is 0.0397. The van der Waals surface area contributed by atoms with Crippen molar-refractivity contribution in [1.29, 1.82) is 0 Å². The number of hydrogen-bond acceptors (Lipinski definition) is 3. The van der Waals surface area contributed by atoms with Crippen molar-refractivity contribution >= 4 is 30.5 Å². The quantitative estimate of drug-likeness (QED) is 0.609. The molecule has 0 amide bonds. The van der Waals surface area contributed by atoms with Gasteiger partial charge in [0.1, 0.15) is 13.7 Å². The fourth-order valence-corrected chi connectivity index (χ4v) is 2.83. The summed E-state index contributed by atoms with van der Waals surface area (Å²) >= 11 is 6.24. The largest absolute Gasteiger partial charge is 0.384 e. The molecular weight excluding hydrogens is 398 g/mol. The summed E-state index contributed by atoms with van der Waals surface area (Å²) in [5, 5.41) is 3.38. The van der Waals surface area contributed by atoms with Crippen LogP contribution in [-0.2, 0) is 4.74 Å². The Hall–Kier alpha value is -2.11. The lowest BCUT2D eigenvalue weighted by Gasteiger charge is -2.24. The van der Waals surface area contributed by atoms with Crippen LogP contribution in [0.2, 0.25) is 5.02 Å². The lowest BCUT2D eigenvalue weighted by Crippen LogP contribution is -2.22. The van der Waals surface area contributed by atoms with Gasteiger partial charge < -0.3 is 10.1 Å². The van der Waals surface area contributed by atoms with Gasteiger partial charge in [-0.25, -0.2) is 4.39 Å². The van der Waals surface area contributed by atoms with Gasteiger partial charge in [-0.05, 0) is 45.0 Å². The Kier molecular flexibility index (Phi) is 9.79. The van der Waals surface area contributed by atoms with Crippen molar-refractivity contribution in [1.82, 2.24) is 10.3 Å². The van der Waals surface area contributed by atoms with Crippen molar-refractivity contribution in [2.24, 2.45) is 5.92 Å². The number of ether oxygens (including phenoxy) is 1. The molecule has 0 saturated heterocycles. The Morgan fingerprint density at radius 1 is 1.27 bits per heavy atom. The second kappa shape index (κ2) is 11.3. The summed E-state index contributed by atoms with van der Waals surface area (Å²) in [5.74, 6) is -0.242. The zero-order valence-corrected chi connectivity index (χ0v) is 19.5. The predicted octanol–water partition coefficient (Wildman–Crippen LogP) is 5.59. The van der Waals surface area contributed by atoms with Crippen LogP contribution in [-0.4, -0.2) is 25.5 Å². The second-order valence-electron chi connectivity index (χ2n) is 8.19. The Morgan fingerprint density at radius 3 is 2.30 bits per heavy atom. The number of rotatable bonds is 6. The van der Waals surface area contributed by atoms with Crippen molar-refractivity contribution < 1.29 is 9.13 Å². The summed E-state index contributed by atoms with van der Waals surface area (Å²) in [7, 11) is 7.35. The number of nitrogens with zero attached hydrogens (tertiary/aromatic N) is 1. The van der Waals surface area contributed by atoms with E-state index in [9.17, 15) is 0 Å². The minimum absolute atomic E-state index is 0.0417. The molecule has 0 aliphatic carbocycles. The fraction of sp³-hybridized carbons (Fsp3) is 0.375. The highest BCUT2D eigenvalue weighted by molar-refractivity contribution is 6.33. The van der Waals surface area contributed by atoms with Crippen molar-refractivity contribution in [3.8, 4) is 0 Å². The molecule has 0 bridgehead atoms. The van der Waals surface area contributed by atoms with Gasteiger partial charge in [0.05, 0.1) is 22.4 Å². The van der Waals surface area contributed by atoms with E-state index in [1.807, 2.05) is 34.6 Å². The van der Waals surface area contributed by atoms with Crippen molar-refractivity contribution in [3.63, 3.8) is 0 Å². The molecular formula is C24H31BClFN2O. The zero-order valence-electron chi connectivity index (χ0n) is 18.7. The standard InChI is InChI=1S/C19H19BClFN2.C5H12O/c1-5-23-19(11(2)3)14-7-8-15(21)17(18(14)22)12(4)16-9-6-13(20)10-24-16;1-5(2,3)6-4/h5-11,19,23H,1,4H2,2-3H3;1-4H3. The molecule has 6 heteroatoms. The average molecular weight is 429 g/mol. The molecule has 30 heavy (non-hydrogen) atoms. The Morgan fingerprint density at radius 2 is 1.87 bits per heavy atom. The average Bonchev–Trinajstić information content (AvgIpc) is 2.67. The number of benzene rings is 1. The van der Waals surface area contributed by atoms with Crippen LogP contribution in [0, 0.1) is 11.7 Å². The highest BCUT2D eigenvalue weighted by Crippen LogP contribution is 2.35. The number of hydrogen-bond donors (Lipinski definition) is 1. The summed E-state index contributed by atoms with van der Waals surface area (Å²) in [6, 6.07) is 6.54. The molecule has 1 aromatic carbocycles. The first-order valence-corrected chi connectivity index (χ1v) is 10.1. The van der Waals surface area contributed by atoms with Gasteiger partial charge in [-0.2, -0.15) is 0 Å². The normalized spacial score (nSPS) is 12.0. The van der Waals surface area contributed by atoms with Crippen LogP contribution >= 0.6 is 11.6 Å². The third-order valence-electron chi connectivity index (χ3n) is 4.43. The minimum Gasteiger partial charge on any atom is -0.384 e. The number of nitrogens with one attached hydrogen (secondary N) is 1. The second-order valence-corrected chi connectivity index (χ2v) is 8.60. The number of aromatic nitrogens is 1. The van der Waals surface area contributed by atoms with E-state index in [-0.39, 0.29) is 23.1 Å². The Balaban J connectivity index is 0.000000656. The van der Waals surface area contributed by atoms with Crippen LogP contribution in [0.3, 0.4) is 0 Å². The van der Waals surface area contributed by atoms with E-state index in [4.69, 9.17) is 24.2 Å². The maximum absolute atomic E-state index is 15.2. The van der Waals surface area contributed by atoms with Crippen LogP contribution < -0.4 is 10.8 Å². The topological polar surface area (TPSA) is 34.1 Å². The van der Waals surface area contributed by atoms with Crippen LogP contribution in [0.5, 0.6) is 0 Å². The molecule has 160 valence electrons. The molecule has 0 spiro atoms. The van der Waals surface area contributed by atoms with Gasteiger partial charge in [-0.15, -0.1) is 0 Å². The lowest BCUT2D eigenvalue weighted by atomic mass is 9.91. The molecule has 3 nitrogen and oxygen atoms in total. The van der Waals surface area contributed by atoms with E-state index < -0.39 is 5.82 Å². The van der Waals surface area contributed by atoms with Gasteiger partial charge in [0.25, 0.3) is 0 Å². The summed E-state index contributed by atoms with van der Waals surface area (Å²) in [6.45, 7) is 17.7. The first-order chi connectivity index (χ1) is 13.9. The van der Waals surface area contributed by atoms with Gasteiger partial charge >= 0.3 is 0 Å². The summed E-state index contributed by atoms with van der Waals surface area (Å²) in [4.78, 5) is 4.20. The summed E-state index contributed by atoms with van der Waals surface area (Å²) in [6.07, 6.45) is 3.07. The maximum atomic E-state index is 15.2. The van der Waals surface area contributed by atoms with Gasteiger partial charge in [0, 0.05) is 30.0 Å². The third kappa shape index (κ3) is 7.30. The molecule has 1 N–H and O–H groups in total. The molecule has 1 aromatic heterocycles. The first-order valence-electron chi connectivity index (χ1n) is 9.74. The van der Waals surface area contributed by atoms with Gasteiger partial charge in [-0.1, -0.05) is 56.2 Å². The smallest absolute Gasteiger partial charge is 0.137 e. The number of pyridine rings is 1. The van der Waals surface area contributed by atoms with Crippen LogP contribution in [0.25, 0.3) is 5.57 Å². The fourth-order valence-electron chi connectivity index (χ4n) is 2.57. The zero-order chi connectivity index (χ0) is 23.1. The number of methoxy groups -OCH3 is 1. The van der Waals surface area contributed by atoms with E-state index in [2.05, 4.69) is 23.5 Å². The van der Waals surface area contributed by atoms with Crippen molar-refractivity contribution in [2.75, 3.05) is 7.11 Å². The molecule has 0 aliphatic rings. The molecule has 1 atom stereocenters. The van der Waals surface area contributed by atoms with Crippen molar-refractivity contribution in [3.05, 3.63) is 77.5 Å². The molecule has 0 aliphatic heterocycles. The van der Waals surface area contributed by atoms with Gasteiger partial charge in [0.2, 0.25) is 0 Å². The third-order valence-corrected chi connectivity index (χ3v) is 4.74. The summed E-state index contributed by atoms with van der Waals surface area (Å²) < 4.78 is 20.1. The Labute approximate surface area is 186 Å². The predicted molar refractivity (Wildman–Crippen MR) is 127 cm³/mol. The number of halogens is 2. The molecule has 1 unspecified atom stereocenters. The van der Waals surface area contributed by atoms with Crippen LogP contribution in [0.1, 0.15) is 57.5 Å². The van der Waals surface area contributed by atoms with Crippen LogP contribution in [0.15, 0.2) is 49.8 Å². The Bertz CT molecular complexity index is 861. The molecule has 2 rings (SSSR count). The molecule has 2 aromatic rings. The van der Waals surface area contributed by atoms with E-state index in [1.165, 1.54) is 6.20 Å². The molecule has 0 fully saturated rings. The van der Waals surface area contributed by atoms with E-state index >= 15 is 4.39 Å². The minimum atomic E-state index is -0.404. The maximum Gasteiger partial charge on any atom is 0.137 e. The van der Waals surface area contributed by atoms with Crippen molar-refractivity contribution in [2.45, 2.75) is 46.3 Å². The highest BCUT2D eigenvalue weighted by Gasteiger charge is 2.23. The van der Waals surface area contributed by atoms with E-state index in [0.717, 1.165) is 0 Å². The van der Waals surface area contributed by atoms with Crippen LogP contribution in [0.4, 0.5) is 4.39 Å². The van der Waals surface area contributed by atoms with Gasteiger partial charge in [-0.3, -0.25) is 4.98 Å². The van der Waals surface area contributed by atoms with E-state index in [1.54, 1.807) is 37.6 Å². The SMILES string of the molecule is COC(C)(C)C.[B]c1ccc(C(=C)c2c(Cl)ccc(C(NC=C)C(C)C)c2F)nc1. The summed E-state index contributed by atoms with van der Waals surface area (Å²) in [5.41, 5.74) is 2.28. The first kappa shape index (κ1) is 25.9. The molecule has 1 heterocycles. The van der Waals surface area contributed by atoms with Gasteiger partial charge in [0.15, 0.2) is 0 Å². The highest BCUT2D eigenvalue weighted by atomic mass is 35.5. The van der Waals surface area contributed by atoms with E-state index in [0.29, 0.717) is 27.3 Å². The monoisotopic (exact) mass is 428 g/mol. The molecule has 2 radical (unpaired) electrons.